The number of carbonyl (C=O) groups is 2. The Bertz CT molecular complexity index is 510. The second kappa shape index (κ2) is 7.17. The Hall–Kier alpha value is -1.50. The summed E-state index contributed by atoms with van der Waals surface area (Å²) in [5.74, 6) is 1.28. The Kier molecular flexibility index (Phi) is 5.50. The Labute approximate surface area is 135 Å². The SMILES string of the molecule is CC(C)(C)CC(=O)N1CSCC1C(=O)NCCn1ccnc1. The zero-order valence-electron chi connectivity index (χ0n) is 13.4. The van der Waals surface area contributed by atoms with Crippen molar-refractivity contribution in [3.05, 3.63) is 18.7 Å². The monoisotopic (exact) mass is 324 g/mol. The number of carbonyl (C=O) groups excluding carboxylic acids is 2. The topological polar surface area (TPSA) is 67.2 Å². The third-order valence-corrected chi connectivity index (χ3v) is 4.43. The summed E-state index contributed by atoms with van der Waals surface area (Å²) in [5.41, 5.74) is -0.0627. The van der Waals surface area contributed by atoms with Gasteiger partial charge in [-0.3, -0.25) is 9.59 Å². The molecule has 22 heavy (non-hydrogen) atoms. The van der Waals surface area contributed by atoms with Gasteiger partial charge in [-0.25, -0.2) is 4.98 Å². The van der Waals surface area contributed by atoms with Gasteiger partial charge in [0.1, 0.15) is 6.04 Å². The molecular weight excluding hydrogens is 300 g/mol. The van der Waals surface area contributed by atoms with Crippen LogP contribution < -0.4 is 5.32 Å². The zero-order valence-corrected chi connectivity index (χ0v) is 14.2. The molecule has 1 aliphatic rings. The lowest BCUT2D eigenvalue weighted by atomic mass is 9.91. The van der Waals surface area contributed by atoms with Crippen molar-refractivity contribution in [3.8, 4) is 0 Å². The molecule has 2 rings (SSSR count). The Morgan fingerprint density at radius 2 is 2.18 bits per heavy atom. The molecule has 122 valence electrons. The summed E-state index contributed by atoms with van der Waals surface area (Å²) < 4.78 is 1.91. The van der Waals surface area contributed by atoms with Gasteiger partial charge in [0.15, 0.2) is 0 Å². The van der Waals surface area contributed by atoms with Gasteiger partial charge in [0.25, 0.3) is 0 Å². The molecule has 7 heteroatoms. The minimum absolute atomic E-state index is 0.0623. The fourth-order valence-corrected chi connectivity index (χ4v) is 3.49. The van der Waals surface area contributed by atoms with E-state index in [9.17, 15) is 9.59 Å². The molecule has 1 aliphatic heterocycles. The highest BCUT2D eigenvalue weighted by Crippen LogP contribution is 2.26. The molecule has 0 radical (unpaired) electrons. The van der Waals surface area contributed by atoms with Crippen LogP contribution in [0.15, 0.2) is 18.7 Å². The predicted octanol–water partition coefficient (Wildman–Crippen LogP) is 1.34. The smallest absolute Gasteiger partial charge is 0.243 e. The van der Waals surface area contributed by atoms with Crippen LogP contribution in [-0.2, 0) is 16.1 Å². The minimum atomic E-state index is -0.345. The molecule has 6 nitrogen and oxygen atoms in total. The van der Waals surface area contributed by atoms with Crippen LogP contribution in [0.3, 0.4) is 0 Å². The minimum Gasteiger partial charge on any atom is -0.352 e. The number of aromatic nitrogens is 2. The molecule has 1 aromatic rings. The summed E-state index contributed by atoms with van der Waals surface area (Å²) in [6.07, 6.45) is 5.75. The number of hydrogen-bond acceptors (Lipinski definition) is 4. The molecule has 0 aliphatic carbocycles. The van der Waals surface area contributed by atoms with E-state index in [2.05, 4.69) is 10.3 Å². The molecule has 1 fully saturated rings. The van der Waals surface area contributed by atoms with Gasteiger partial charge in [0, 0.05) is 37.7 Å². The lowest BCUT2D eigenvalue weighted by molar-refractivity contribution is -0.139. The van der Waals surface area contributed by atoms with Gasteiger partial charge in [0.2, 0.25) is 11.8 Å². The molecule has 0 aromatic carbocycles. The fourth-order valence-electron chi connectivity index (χ4n) is 2.31. The average molecular weight is 324 g/mol. The van der Waals surface area contributed by atoms with Crippen LogP contribution in [0.1, 0.15) is 27.2 Å². The molecule has 1 saturated heterocycles. The molecule has 1 unspecified atom stereocenters. The summed E-state index contributed by atoms with van der Waals surface area (Å²) in [6.45, 7) is 7.33. The third kappa shape index (κ3) is 4.76. The summed E-state index contributed by atoms with van der Waals surface area (Å²) in [4.78, 5) is 30.3. The molecule has 2 amide bonds. The number of rotatable bonds is 5. The van der Waals surface area contributed by atoms with Gasteiger partial charge in [-0.1, -0.05) is 20.8 Å². The molecule has 0 saturated carbocycles. The number of nitrogens with zero attached hydrogens (tertiary/aromatic N) is 3. The Morgan fingerprint density at radius 3 is 2.82 bits per heavy atom. The van der Waals surface area contributed by atoms with Crippen LogP contribution in [0.25, 0.3) is 0 Å². The van der Waals surface area contributed by atoms with E-state index < -0.39 is 0 Å². The quantitative estimate of drug-likeness (QED) is 0.887. The van der Waals surface area contributed by atoms with Gasteiger partial charge in [-0.05, 0) is 5.41 Å². The molecule has 1 aromatic heterocycles. The van der Waals surface area contributed by atoms with E-state index in [0.717, 1.165) is 0 Å². The molecular formula is C15H24N4O2S. The molecule has 0 spiro atoms. The lowest BCUT2D eigenvalue weighted by Gasteiger charge is -2.26. The van der Waals surface area contributed by atoms with Gasteiger partial charge in [-0.2, -0.15) is 0 Å². The second-order valence-corrected chi connectivity index (χ2v) is 7.71. The molecule has 1 atom stereocenters. The van der Waals surface area contributed by atoms with Crippen LogP contribution in [0, 0.1) is 5.41 Å². The number of nitrogens with one attached hydrogen (secondary N) is 1. The van der Waals surface area contributed by atoms with Crippen molar-refractivity contribution >= 4 is 23.6 Å². The van der Waals surface area contributed by atoms with E-state index in [4.69, 9.17) is 0 Å². The van der Waals surface area contributed by atoms with Gasteiger partial charge < -0.3 is 14.8 Å². The van der Waals surface area contributed by atoms with Crippen LogP contribution in [0.5, 0.6) is 0 Å². The van der Waals surface area contributed by atoms with Crippen LogP contribution in [0.4, 0.5) is 0 Å². The van der Waals surface area contributed by atoms with E-state index in [1.807, 2.05) is 31.5 Å². The van der Waals surface area contributed by atoms with E-state index in [1.165, 1.54) is 0 Å². The van der Waals surface area contributed by atoms with E-state index >= 15 is 0 Å². The first-order valence-electron chi connectivity index (χ1n) is 7.47. The molecule has 0 bridgehead atoms. The molecule has 2 heterocycles. The standard InChI is InChI=1S/C15H24N4O2S/c1-15(2,3)8-13(20)19-11-22-9-12(19)14(21)17-5-7-18-6-4-16-10-18/h4,6,10,12H,5,7-9,11H2,1-3H3,(H,17,21). The highest BCUT2D eigenvalue weighted by molar-refractivity contribution is 7.99. The summed E-state index contributed by atoms with van der Waals surface area (Å²) in [6, 6.07) is -0.345. The first-order valence-corrected chi connectivity index (χ1v) is 8.63. The maximum atomic E-state index is 12.4. The lowest BCUT2D eigenvalue weighted by Crippen LogP contribution is -2.48. The largest absolute Gasteiger partial charge is 0.352 e. The zero-order chi connectivity index (χ0) is 16.2. The van der Waals surface area contributed by atoms with Crippen molar-refractivity contribution in [2.75, 3.05) is 18.2 Å². The number of imidazole rings is 1. The summed E-state index contributed by atoms with van der Waals surface area (Å²) in [5, 5.41) is 2.92. The number of thioether (sulfide) groups is 1. The summed E-state index contributed by atoms with van der Waals surface area (Å²) in [7, 11) is 0. The Morgan fingerprint density at radius 1 is 1.41 bits per heavy atom. The van der Waals surface area contributed by atoms with E-state index in [1.54, 1.807) is 29.2 Å². The van der Waals surface area contributed by atoms with E-state index in [-0.39, 0.29) is 23.3 Å². The van der Waals surface area contributed by atoms with Gasteiger partial charge >= 0.3 is 0 Å². The van der Waals surface area contributed by atoms with Crippen molar-refractivity contribution in [3.63, 3.8) is 0 Å². The van der Waals surface area contributed by atoms with Crippen LogP contribution >= 0.6 is 11.8 Å². The number of amides is 2. The third-order valence-electron chi connectivity index (χ3n) is 3.42. The van der Waals surface area contributed by atoms with Crippen molar-refractivity contribution in [1.29, 1.82) is 0 Å². The van der Waals surface area contributed by atoms with Crippen LogP contribution in [0.2, 0.25) is 0 Å². The second-order valence-electron chi connectivity index (χ2n) is 6.71. The van der Waals surface area contributed by atoms with E-state index in [0.29, 0.717) is 31.1 Å². The average Bonchev–Trinajstić information content (AvgIpc) is 3.07. The van der Waals surface area contributed by atoms with Crippen molar-refractivity contribution < 1.29 is 9.59 Å². The Balaban J connectivity index is 1.84. The fraction of sp³-hybridized carbons (Fsp3) is 0.667. The number of hydrogen-bond donors (Lipinski definition) is 1. The van der Waals surface area contributed by atoms with Gasteiger partial charge in [0.05, 0.1) is 12.2 Å². The molecule has 1 N–H and O–H groups in total. The predicted molar refractivity (Wildman–Crippen MR) is 87.3 cm³/mol. The van der Waals surface area contributed by atoms with Crippen molar-refractivity contribution in [1.82, 2.24) is 19.8 Å². The maximum Gasteiger partial charge on any atom is 0.243 e. The summed E-state index contributed by atoms with van der Waals surface area (Å²) >= 11 is 1.63. The first kappa shape index (κ1) is 16.9. The maximum absolute atomic E-state index is 12.4. The van der Waals surface area contributed by atoms with Crippen LogP contribution in [-0.4, -0.2) is 50.5 Å². The normalized spacial score (nSPS) is 18.5. The highest BCUT2D eigenvalue weighted by atomic mass is 32.2. The first-order chi connectivity index (χ1) is 10.4. The highest BCUT2D eigenvalue weighted by Gasteiger charge is 2.35. The van der Waals surface area contributed by atoms with Crippen molar-refractivity contribution in [2.45, 2.75) is 39.8 Å². The van der Waals surface area contributed by atoms with Crippen molar-refractivity contribution in [2.24, 2.45) is 5.41 Å². The van der Waals surface area contributed by atoms with Gasteiger partial charge in [-0.15, -0.1) is 11.8 Å².